The SMILES string of the molecule is Cc1cc(CN2CCN(C(=O)/C=C/c3csc(C)n3)CC2)on1. The highest BCUT2D eigenvalue weighted by Crippen LogP contribution is 2.12. The van der Waals surface area contributed by atoms with Gasteiger partial charge in [-0.1, -0.05) is 5.16 Å². The van der Waals surface area contributed by atoms with Gasteiger partial charge in [0.15, 0.2) is 5.76 Å². The van der Waals surface area contributed by atoms with Gasteiger partial charge in [0.25, 0.3) is 0 Å². The maximum absolute atomic E-state index is 12.2. The summed E-state index contributed by atoms with van der Waals surface area (Å²) in [7, 11) is 0. The molecule has 1 amide bonds. The van der Waals surface area contributed by atoms with E-state index < -0.39 is 0 Å². The number of aryl methyl sites for hydroxylation is 2. The zero-order valence-corrected chi connectivity index (χ0v) is 14.2. The molecule has 0 spiro atoms. The van der Waals surface area contributed by atoms with Crippen LogP contribution < -0.4 is 0 Å². The molecule has 0 N–H and O–H groups in total. The van der Waals surface area contributed by atoms with Crippen molar-refractivity contribution in [2.75, 3.05) is 26.2 Å². The fraction of sp³-hybridized carbons (Fsp3) is 0.438. The van der Waals surface area contributed by atoms with Crippen molar-refractivity contribution in [2.45, 2.75) is 20.4 Å². The normalized spacial score (nSPS) is 16.3. The quantitative estimate of drug-likeness (QED) is 0.803. The van der Waals surface area contributed by atoms with Gasteiger partial charge in [0, 0.05) is 43.7 Å². The number of rotatable bonds is 4. The first-order chi connectivity index (χ1) is 11.1. The predicted octanol–water partition coefficient (Wildman–Crippen LogP) is 2.11. The van der Waals surface area contributed by atoms with Crippen LogP contribution in [-0.2, 0) is 11.3 Å². The van der Waals surface area contributed by atoms with Crippen molar-refractivity contribution >= 4 is 23.3 Å². The molecular formula is C16H20N4O2S. The summed E-state index contributed by atoms with van der Waals surface area (Å²) in [6.07, 6.45) is 3.40. The lowest BCUT2D eigenvalue weighted by Crippen LogP contribution is -2.47. The van der Waals surface area contributed by atoms with Crippen LogP contribution >= 0.6 is 11.3 Å². The van der Waals surface area contributed by atoms with Crippen molar-refractivity contribution in [1.29, 1.82) is 0 Å². The van der Waals surface area contributed by atoms with E-state index in [0.29, 0.717) is 0 Å². The van der Waals surface area contributed by atoms with Crippen LogP contribution in [0.25, 0.3) is 6.08 Å². The molecule has 23 heavy (non-hydrogen) atoms. The van der Waals surface area contributed by atoms with Crippen molar-refractivity contribution in [3.05, 3.63) is 39.7 Å². The van der Waals surface area contributed by atoms with E-state index in [-0.39, 0.29) is 5.91 Å². The van der Waals surface area contributed by atoms with E-state index in [1.165, 1.54) is 0 Å². The van der Waals surface area contributed by atoms with Crippen molar-refractivity contribution < 1.29 is 9.32 Å². The molecule has 0 aliphatic carbocycles. The number of nitrogens with zero attached hydrogens (tertiary/aromatic N) is 4. The average Bonchev–Trinajstić information content (AvgIpc) is 3.14. The third kappa shape index (κ3) is 4.27. The second-order valence-electron chi connectivity index (χ2n) is 5.66. The summed E-state index contributed by atoms with van der Waals surface area (Å²) in [6.45, 7) is 7.76. The van der Waals surface area contributed by atoms with Crippen molar-refractivity contribution in [3.8, 4) is 0 Å². The third-order valence-electron chi connectivity index (χ3n) is 3.77. The lowest BCUT2D eigenvalue weighted by Gasteiger charge is -2.33. The molecule has 1 fully saturated rings. The van der Waals surface area contributed by atoms with E-state index in [0.717, 1.165) is 54.9 Å². The Morgan fingerprint density at radius 3 is 2.74 bits per heavy atom. The molecular weight excluding hydrogens is 312 g/mol. The van der Waals surface area contributed by atoms with Gasteiger partial charge < -0.3 is 9.42 Å². The minimum absolute atomic E-state index is 0.0470. The Hall–Kier alpha value is -1.99. The first-order valence-corrected chi connectivity index (χ1v) is 8.52. The van der Waals surface area contributed by atoms with E-state index in [2.05, 4.69) is 15.0 Å². The highest BCUT2D eigenvalue weighted by atomic mass is 32.1. The molecule has 2 aromatic heterocycles. The number of amides is 1. The largest absolute Gasteiger partial charge is 0.360 e. The Morgan fingerprint density at radius 1 is 1.35 bits per heavy atom. The molecule has 0 bridgehead atoms. The Bertz CT molecular complexity index is 699. The first-order valence-electron chi connectivity index (χ1n) is 7.64. The van der Waals surface area contributed by atoms with Crippen LogP contribution in [-0.4, -0.2) is 52.0 Å². The van der Waals surface area contributed by atoms with Gasteiger partial charge in [-0.25, -0.2) is 4.98 Å². The van der Waals surface area contributed by atoms with Crippen molar-refractivity contribution in [1.82, 2.24) is 19.9 Å². The number of aromatic nitrogens is 2. The maximum atomic E-state index is 12.2. The molecule has 0 atom stereocenters. The lowest BCUT2D eigenvalue weighted by molar-refractivity contribution is -0.127. The molecule has 3 heterocycles. The van der Waals surface area contributed by atoms with Crippen molar-refractivity contribution in [2.24, 2.45) is 0 Å². The molecule has 1 aliphatic rings. The zero-order chi connectivity index (χ0) is 16.2. The molecule has 1 saturated heterocycles. The number of carbonyl (C=O) groups is 1. The van der Waals surface area contributed by atoms with Gasteiger partial charge in [-0.2, -0.15) is 0 Å². The molecule has 2 aromatic rings. The number of carbonyl (C=O) groups excluding carboxylic acids is 1. The maximum Gasteiger partial charge on any atom is 0.246 e. The molecule has 6 nitrogen and oxygen atoms in total. The standard InChI is InChI=1S/C16H20N4O2S/c1-12-9-15(22-18-12)10-19-5-7-20(8-6-19)16(21)4-3-14-11-23-13(2)17-14/h3-4,9,11H,5-8,10H2,1-2H3/b4-3+. The highest BCUT2D eigenvalue weighted by molar-refractivity contribution is 7.09. The van der Waals surface area contributed by atoms with Crippen LogP contribution in [0, 0.1) is 13.8 Å². The van der Waals surface area contributed by atoms with Crippen LogP contribution in [0.1, 0.15) is 22.2 Å². The second-order valence-corrected chi connectivity index (χ2v) is 6.72. The molecule has 7 heteroatoms. The first kappa shape index (κ1) is 15.9. The molecule has 0 aromatic carbocycles. The van der Waals surface area contributed by atoms with Crippen LogP contribution in [0.3, 0.4) is 0 Å². The summed E-state index contributed by atoms with van der Waals surface area (Å²) in [5.74, 6) is 0.923. The third-order valence-corrected chi connectivity index (χ3v) is 4.57. The predicted molar refractivity (Wildman–Crippen MR) is 89.0 cm³/mol. The van der Waals surface area contributed by atoms with Gasteiger partial charge in [-0.3, -0.25) is 9.69 Å². The topological polar surface area (TPSA) is 62.5 Å². The van der Waals surface area contributed by atoms with Gasteiger partial charge in [0.05, 0.1) is 22.9 Å². The fourth-order valence-corrected chi connectivity index (χ4v) is 3.14. The van der Waals surface area contributed by atoms with Gasteiger partial charge in [0.1, 0.15) is 0 Å². The average molecular weight is 332 g/mol. The second kappa shape index (κ2) is 7.06. The van der Waals surface area contributed by atoms with E-state index in [1.54, 1.807) is 23.5 Å². The van der Waals surface area contributed by atoms with E-state index >= 15 is 0 Å². The van der Waals surface area contributed by atoms with Crippen LogP contribution in [0.15, 0.2) is 22.0 Å². The molecule has 1 aliphatic heterocycles. The monoisotopic (exact) mass is 332 g/mol. The minimum atomic E-state index is 0.0470. The Balaban J connectivity index is 1.48. The molecule has 0 saturated carbocycles. The minimum Gasteiger partial charge on any atom is -0.360 e. The van der Waals surface area contributed by atoms with Gasteiger partial charge >= 0.3 is 0 Å². The smallest absolute Gasteiger partial charge is 0.246 e. The molecule has 3 rings (SSSR count). The van der Waals surface area contributed by atoms with Gasteiger partial charge in [0.2, 0.25) is 5.91 Å². The summed E-state index contributed by atoms with van der Waals surface area (Å²) in [5.41, 5.74) is 1.75. The van der Waals surface area contributed by atoms with E-state index in [9.17, 15) is 4.79 Å². The number of hydrogen-bond acceptors (Lipinski definition) is 6. The summed E-state index contributed by atoms with van der Waals surface area (Å²) in [4.78, 5) is 20.7. The number of hydrogen-bond donors (Lipinski definition) is 0. The number of piperazine rings is 1. The zero-order valence-electron chi connectivity index (χ0n) is 13.4. The van der Waals surface area contributed by atoms with Crippen LogP contribution in [0.5, 0.6) is 0 Å². The Morgan fingerprint density at radius 2 is 2.13 bits per heavy atom. The number of thiazole rings is 1. The summed E-state index contributed by atoms with van der Waals surface area (Å²) < 4.78 is 5.24. The highest BCUT2D eigenvalue weighted by Gasteiger charge is 2.20. The van der Waals surface area contributed by atoms with Gasteiger partial charge in [-0.05, 0) is 19.9 Å². The summed E-state index contributed by atoms with van der Waals surface area (Å²) in [5, 5.41) is 6.86. The summed E-state index contributed by atoms with van der Waals surface area (Å²) in [6, 6.07) is 1.95. The Labute approximate surface area is 139 Å². The Kier molecular flexibility index (Phi) is 4.88. The fourth-order valence-electron chi connectivity index (χ4n) is 2.56. The van der Waals surface area contributed by atoms with Crippen LogP contribution in [0.4, 0.5) is 0 Å². The van der Waals surface area contributed by atoms with Crippen LogP contribution in [0.2, 0.25) is 0 Å². The van der Waals surface area contributed by atoms with Crippen molar-refractivity contribution in [3.63, 3.8) is 0 Å². The molecule has 0 radical (unpaired) electrons. The van der Waals surface area contributed by atoms with E-state index in [4.69, 9.17) is 4.52 Å². The molecule has 122 valence electrons. The van der Waals surface area contributed by atoms with E-state index in [1.807, 2.05) is 30.2 Å². The lowest BCUT2D eigenvalue weighted by atomic mass is 10.2. The van der Waals surface area contributed by atoms with Gasteiger partial charge in [-0.15, -0.1) is 11.3 Å². The summed E-state index contributed by atoms with van der Waals surface area (Å²) >= 11 is 1.59. The molecule has 0 unspecified atom stereocenters.